The van der Waals surface area contributed by atoms with E-state index < -0.39 is 6.10 Å². The van der Waals surface area contributed by atoms with Crippen molar-refractivity contribution in [1.82, 2.24) is 0 Å². The molecule has 31 heavy (non-hydrogen) atoms. The summed E-state index contributed by atoms with van der Waals surface area (Å²) in [5.74, 6) is 1.27. The van der Waals surface area contributed by atoms with Gasteiger partial charge in [-0.1, -0.05) is 6.07 Å². The largest absolute Gasteiger partial charge is 0.491 e. The van der Waals surface area contributed by atoms with Crippen LogP contribution in [0.3, 0.4) is 0 Å². The summed E-state index contributed by atoms with van der Waals surface area (Å²) in [7, 11) is 0. The summed E-state index contributed by atoms with van der Waals surface area (Å²) in [5, 5.41) is 10.7. The van der Waals surface area contributed by atoms with E-state index in [1.807, 2.05) is 32.0 Å². The Balaban J connectivity index is 1.43. The van der Waals surface area contributed by atoms with Crippen LogP contribution in [0.5, 0.6) is 17.2 Å². The molecule has 1 atom stereocenters. The smallest absolute Gasteiger partial charge is 0.235 e. The molecule has 1 saturated heterocycles. The van der Waals surface area contributed by atoms with Gasteiger partial charge in [-0.3, -0.25) is 4.79 Å². The zero-order chi connectivity index (χ0) is 21.8. The number of rotatable bonds is 7. The molecule has 0 bridgehead atoms. The Bertz CT molecular complexity index is 1080. The first-order valence-electron chi connectivity index (χ1n) is 10.5. The summed E-state index contributed by atoms with van der Waals surface area (Å²) in [6.45, 7) is 7.98. The number of quaternary nitrogens is 1. The average molecular weight is 426 g/mol. The second-order valence-electron chi connectivity index (χ2n) is 8.04. The second-order valence-corrected chi connectivity index (χ2v) is 8.04. The van der Waals surface area contributed by atoms with Crippen molar-refractivity contribution in [2.45, 2.75) is 20.0 Å². The number of aliphatic hydroxyl groups is 1. The summed E-state index contributed by atoms with van der Waals surface area (Å²) < 4.78 is 22.5. The van der Waals surface area contributed by atoms with E-state index in [2.05, 4.69) is 0 Å². The molecule has 0 saturated carbocycles. The topological polar surface area (TPSA) is 82.6 Å². The molecule has 1 unspecified atom stereocenters. The predicted octanol–water partition coefficient (Wildman–Crippen LogP) is 1.86. The first-order chi connectivity index (χ1) is 15.0. The van der Waals surface area contributed by atoms with Crippen molar-refractivity contribution in [2.75, 3.05) is 39.5 Å². The molecular formula is C24H28NO6+. The minimum atomic E-state index is -0.579. The molecule has 1 fully saturated rings. The molecule has 0 radical (unpaired) electrons. The van der Waals surface area contributed by atoms with Crippen LogP contribution in [0.2, 0.25) is 0 Å². The van der Waals surface area contributed by atoms with Crippen LogP contribution in [-0.2, 0) is 4.74 Å². The molecular weight excluding hydrogens is 398 g/mol. The van der Waals surface area contributed by atoms with Crippen molar-refractivity contribution < 1.29 is 28.6 Å². The fourth-order valence-electron chi connectivity index (χ4n) is 3.82. The maximum absolute atomic E-state index is 12.8. The highest BCUT2D eigenvalue weighted by molar-refractivity contribution is 5.79. The van der Waals surface area contributed by atoms with Crippen LogP contribution in [0.25, 0.3) is 11.0 Å². The number of ether oxygens (including phenoxy) is 3. The lowest BCUT2D eigenvalue weighted by Crippen LogP contribution is -3.15. The summed E-state index contributed by atoms with van der Waals surface area (Å²) in [5.41, 5.74) is 2.27. The Morgan fingerprint density at radius 1 is 1.06 bits per heavy atom. The quantitative estimate of drug-likeness (QED) is 0.600. The van der Waals surface area contributed by atoms with Gasteiger partial charge in [0.1, 0.15) is 55.7 Å². The highest BCUT2D eigenvalue weighted by atomic mass is 16.5. The van der Waals surface area contributed by atoms with Crippen LogP contribution in [0, 0.1) is 13.8 Å². The van der Waals surface area contributed by atoms with E-state index in [-0.39, 0.29) is 17.8 Å². The Labute approximate surface area is 180 Å². The monoisotopic (exact) mass is 426 g/mol. The van der Waals surface area contributed by atoms with Gasteiger partial charge in [0.25, 0.3) is 0 Å². The van der Waals surface area contributed by atoms with Gasteiger partial charge in [-0.05, 0) is 49.2 Å². The fraction of sp³-hybridized carbons (Fsp3) is 0.375. The number of aliphatic hydroxyl groups excluding tert-OH is 1. The van der Waals surface area contributed by atoms with Gasteiger partial charge in [-0.2, -0.15) is 0 Å². The van der Waals surface area contributed by atoms with Crippen molar-refractivity contribution in [3.63, 3.8) is 0 Å². The summed E-state index contributed by atoms with van der Waals surface area (Å²) >= 11 is 0. The van der Waals surface area contributed by atoms with Gasteiger partial charge in [0, 0.05) is 6.07 Å². The number of hydrogen-bond acceptors (Lipinski definition) is 6. The van der Waals surface area contributed by atoms with Crippen molar-refractivity contribution in [3.05, 3.63) is 64.0 Å². The first-order valence-corrected chi connectivity index (χ1v) is 10.5. The Hall–Kier alpha value is -2.87. The average Bonchev–Trinajstić information content (AvgIpc) is 2.74. The molecule has 3 aromatic rings. The van der Waals surface area contributed by atoms with E-state index in [0.717, 1.165) is 37.4 Å². The predicted molar refractivity (Wildman–Crippen MR) is 116 cm³/mol. The van der Waals surface area contributed by atoms with Crippen LogP contribution in [-0.4, -0.2) is 50.7 Å². The van der Waals surface area contributed by atoms with E-state index in [0.29, 0.717) is 29.0 Å². The standard InChI is InChI=1S/C24H27NO6/c1-16-9-17(2)11-20(10-16)31-23-15-30-22-12-19(3-4-21(22)24(23)27)29-14-18(26)13-25-5-7-28-8-6-25/h3-4,9-12,15,18,26H,5-8,13-14H2,1-2H3/p+1. The summed E-state index contributed by atoms with van der Waals surface area (Å²) in [4.78, 5) is 14.1. The van der Waals surface area contributed by atoms with E-state index in [9.17, 15) is 9.90 Å². The third-order valence-corrected chi connectivity index (χ3v) is 5.30. The molecule has 2 aromatic carbocycles. The fourth-order valence-corrected chi connectivity index (χ4v) is 3.82. The van der Waals surface area contributed by atoms with Gasteiger partial charge in [0.15, 0.2) is 0 Å². The molecule has 1 aliphatic rings. The number of aryl methyl sites for hydroxylation is 2. The normalized spacial score (nSPS) is 15.7. The molecule has 0 aliphatic carbocycles. The number of hydrogen-bond donors (Lipinski definition) is 2. The zero-order valence-corrected chi connectivity index (χ0v) is 17.8. The number of morpholine rings is 1. The third-order valence-electron chi connectivity index (χ3n) is 5.30. The van der Waals surface area contributed by atoms with Crippen molar-refractivity contribution >= 4 is 11.0 Å². The molecule has 4 rings (SSSR count). The summed E-state index contributed by atoms with van der Waals surface area (Å²) in [6, 6.07) is 10.8. The SMILES string of the molecule is Cc1cc(C)cc(Oc2coc3cc(OCC(O)C[NH+]4CCOCC4)ccc3c2=O)c1. The molecule has 2 heterocycles. The Morgan fingerprint density at radius 2 is 1.81 bits per heavy atom. The molecule has 0 amide bonds. The molecule has 2 N–H and O–H groups in total. The van der Waals surface area contributed by atoms with E-state index in [1.54, 1.807) is 18.2 Å². The molecule has 164 valence electrons. The van der Waals surface area contributed by atoms with Gasteiger partial charge in [0.2, 0.25) is 11.2 Å². The van der Waals surface area contributed by atoms with Crippen LogP contribution in [0.4, 0.5) is 0 Å². The Morgan fingerprint density at radius 3 is 2.55 bits per heavy atom. The van der Waals surface area contributed by atoms with E-state index >= 15 is 0 Å². The van der Waals surface area contributed by atoms with Gasteiger partial charge < -0.3 is 28.6 Å². The van der Waals surface area contributed by atoms with Crippen LogP contribution < -0.4 is 19.8 Å². The van der Waals surface area contributed by atoms with Crippen molar-refractivity contribution in [2.24, 2.45) is 0 Å². The molecule has 0 spiro atoms. The maximum atomic E-state index is 12.8. The Kier molecular flexibility index (Phi) is 6.56. The van der Waals surface area contributed by atoms with Gasteiger partial charge in [0.05, 0.1) is 18.6 Å². The summed E-state index contributed by atoms with van der Waals surface area (Å²) in [6.07, 6.45) is 0.743. The van der Waals surface area contributed by atoms with Gasteiger partial charge >= 0.3 is 0 Å². The second kappa shape index (κ2) is 9.51. The zero-order valence-electron chi connectivity index (χ0n) is 17.8. The number of fused-ring (bicyclic) bond motifs is 1. The molecule has 7 nitrogen and oxygen atoms in total. The van der Waals surface area contributed by atoms with Crippen LogP contribution >= 0.6 is 0 Å². The van der Waals surface area contributed by atoms with Gasteiger partial charge in [-0.15, -0.1) is 0 Å². The van der Waals surface area contributed by atoms with E-state index in [4.69, 9.17) is 18.6 Å². The highest BCUT2D eigenvalue weighted by Crippen LogP contribution is 2.25. The number of nitrogens with one attached hydrogen (secondary N) is 1. The van der Waals surface area contributed by atoms with E-state index in [1.165, 1.54) is 11.2 Å². The number of benzene rings is 2. The van der Waals surface area contributed by atoms with Gasteiger partial charge in [-0.25, -0.2) is 0 Å². The highest BCUT2D eigenvalue weighted by Gasteiger charge is 2.19. The third kappa shape index (κ3) is 5.44. The minimum absolute atomic E-state index is 0.134. The van der Waals surface area contributed by atoms with Crippen molar-refractivity contribution in [1.29, 1.82) is 0 Å². The van der Waals surface area contributed by atoms with Crippen molar-refractivity contribution in [3.8, 4) is 17.2 Å². The molecule has 1 aliphatic heterocycles. The lowest BCUT2D eigenvalue weighted by atomic mass is 10.1. The van der Waals surface area contributed by atoms with Crippen LogP contribution in [0.1, 0.15) is 11.1 Å². The minimum Gasteiger partial charge on any atom is -0.491 e. The maximum Gasteiger partial charge on any atom is 0.235 e. The lowest BCUT2D eigenvalue weighted by Gasteiger charge is -2.25. The van der Waals surface area contributed by atoms with Crippen LogP contribution in [0.15, 0.2) is 51.9 Å². The first kappa shape index (κ1) is 21.4. The lowest BCUT2D eigenvalue weighted by molar-refractivity contribution is -0.911. The molecule has 1 aromatic heterocycles. The molecule has 7 heteroatoms.